The van der Waals surface area contributed by atoms with Crippen LogP contribution in [0.25, 0.3) is 0 Å². The number of nitrogens with zero attached hydrogens (tertiary/aromatic N) is 4. The topological polar surface area (TPSA) is 43.8 Å². The summed E-state index contributed by atoms with van der Waals surface area (Å²) in [6.07, 6.45) is 0. The quantitative estimate of drug-likeness (QED) is 0.677. The number of anilines is 1. The third-order valence-electron chi connectivity index (χ3n) is 4.56. The zero-order chi connectivity index (χ0) is 17.8. The molecule has 0 bridgehead atoms. The van der Waals surface area contributed by atoms with Crippen LogP contribution in [0.4, 0.5) is 5.69 Å². The molecule has 0 amide bonds. The molecule has 5 nitrogen and oxygen atoms in total. The molecule has 25 heavy (non-hydrogen) atoms. The second-order valence-corrected chi connectivity index (χ2v) is 7.74. The molecule has 3 rings (SSSR count). The molecule has 6 heteroatoms. The standard InChI is InChI=1S/C19H27N5S/c1-14-6-5-7-17(12-14)23-8-10-24(11-9-23)19(20-4)21-13-18-15(2)22-16(3)25-18/h5-7,12H,8-11,13H2,1-4H3,(H,20,21). The Kier molecular flexibility index (Phi) is 5.58. The smallest absolute Gasteiger partial charge is 0.194 e. The highest BCUT2D eigenvalue weighted by Crippen LogP contribution is 2.19. The van der Waals surface area contributed by atoms with Gasteiger partial charge in [0.2, 0.25) is 0 Å². The van der Waals surface area contributed by atoms with Gasteiger partial charge < -0.3 is 15.1 Å². The summed E-state index contributed by atoms with van der Waals surface area (Å²) >= 11 is 1.76. The third-order valence-corrected chi connectivity index (χ3v) is 5.64. The molecule has 0 saturated carbocycles. The normalized spacial score (nSPS) is 15.6. The summed E-state index contributed by atoms with van der Waals surface area (Å²) in [5.41, 5.74) is 3.75. The van der Waals surface area contributed by atoms with Crippen LogP contribution in [0.3, 0.4) is 0 Å². The van der Waals surface area contributed by atoms with E-state index < -0.39 is 0 Å². The fraction of sp³-hybridized carbons (Fsp3) is 0.474. The second-order valence-electron chi connectivity index (χ2n) is 6.46. The summed E-state index contributed by atoms with van der Waals surface area (Å²) in [6, 6.07) is 8.74. The Bertz CT molecular complexity index is 744. The van der Waals surface area contributed by atoms with Crippen LogP contribution in [0.2, 0.25) is 0 Å². The van der Waals surface area contributed by atoms with Gasteiger partial charge in [0, 0.05) is 43.8 Å². The Morgan fingerprint density at radius 1 is 1.20 bits per heavy atom. The van der Waals surface area contributed by atoms with Crippen LogP contribution in [0.15, 0.2) is 29.3 Å². The fourth-order valence-corrected chi connectivity index (χ4v) is 4.11. The van der Waals surface area contributed by atoms with Gasteiger partial charge >= 0.3 is 0 Å². The van der Waals surface area contributed by atoms with Crippen LogP contribution >= 0.6 is 11.3 Å². The largest absolute Gasteiger partial charge is 0.368 e. The number of guanidine groups is 1. The lowest BCUT2D eigenvalue weighted by Gasteiger charge is -2.37. The van der Waals surface area contributed by atoms with Crippen LogP contribution in [0, 0.1) is 20.8 Å². The number of aromatic nitrogens is 1. The highest BCUT2D eigenvalue weighted by atomic mass is 32.1. The molecule has 1 aliphatic rings. The van der Waals surface area contributed by atoms with E-state index in [4.69, 9.17) is 0 Å². The first-order chi connectivity index (χ1) is 12.1. The maximum Gasteiger partial charge on any atom is 0.194 e. The molecule has 1 aromatic carbocycles. The zero-order valence-electron chi connectivity index (χ0n) is 15.5. The Morgan fingerprint density at radius 3 is 2.56 bits per heavy atom. The van der Waals surface area contributed by atoms with Gasteiger partial charge in [0.05, 0.1) is 17.2 Å². The molecule has 1 N–H and O–H groups in total. The Morgan fingerprint density at radius 2 is 1.96 bits per heavy atom. The van der Waals surface area contributed by atoms with E-state index >= 15 is 0 Å². The van der Waals surface area contributed by atoms with Crippen LogP contribution in [-0.2, 0) is 6.54 Å². The van der Waals surface area contributed by atoms with Crippen molar-refractivity contribution in [3.05, 3.63) is 45.4 Å². The molecule has 2 heterocycles. The average Bonchev–Trinajstić information content (AvgIpc) is 2.93. The maximum absolute atomic E-state index is 4.50. The molecule has 0 atom stereocenters. The Labute approximate surface area is 154 Å². The van der Waals surface area contributed by atoms with Gasteiger partial charge in [0.15, 0.2) is 5.96 Å². The lowest BCUT2D eigenvalue weighted by atomic mass is 10.2. The predicted molar refractivity (Wildman–Crippen MR) is 107 cm³/mol. The van der Waals surface area contributed by atoms with Crippen molar-refractivity contribution in [3.8, 4) is 0 Å². The first kappa shape index (κ1) is 17.7. The van der Waals surface area contributed by atoms with Crippen LogP contribution < -0.4 is 10.2 Å². The number of rotatable bonds is 3. The first-order valence-corrected chi connectivity index (χ1v) is 9.58. The fourth-order valence-electron chi connectivity index (χ4n) is 3.23. The number of thiazole rings is 1. The highest BCUT2D eigenvalue weighted by Gasteiger charge is 2.20. The summed E-state index contributed by atoms with van der Waals surface area (Å²) < 4.78 is 0. The summed E-state index contributed by atoms with van der Waals surface area (Å²) in [5.74, 6) is 0.981. The zero-order valence-corrected chi connectivity index (χ0v) is 16.4. The summed E-state index contributed by atoms with van der Waals surface area (Å²) in [5, 5.41) is 4.62. The Balaban J connectivity index is 1.56. The molecule has 1 aromatic heterocycles. The molecule has 1 saturated heterocycles. The van der Waals surface area contributed by atoms with Crippen LogP contribution in [0.1, 0.15) is 21.1 Å². The monoisotopic (exact) mass is 357 g/mol. The van der Waals surface area contributed by atoms with Crippen molar-refractivity contribution in [1.82, 2.24) is 15.2 Å². The van der Waals surface area contributed by atoms with E-state index in [1.807, 2.05) is 7.05 Å². The Hall–Kier alpha value is -2.08. The van der Waals surface area contributed by atoms with E-state index in [0.717, 1.165) is 49.4 Å². The van der Waals surface area contributed by atoms with Gasteiger partial charge in [-0.2, -0.15) is 0 Å². The van der Waals surface area contributed by atoms with Crippen molar-refractivity contribution in [2.75, 3.05) is 38.1 Å². The average molecular weight is 358 g/mol. The predicted octanol–water partition coefficient (Wildman–Crippen LogP) is 2.97. The number of piperazine rings is 1. The van der Waals surface area contributed by atoms with Crippen LogP contribution in [-0.4, -0.2) is 49.1 Å². The summed E-state index contributed by atoms with van der Waals surface area (Å²) in [4.78, 5) is 15.1. The second kappa shape index (κ2) is 7.87. The van der Waals surface area contributed by atoms with Crippen molar-refractivity contribution in [1.29, 1.82) is 0 Å². The lowest BCUT2D eigenvalue weighted by Crippen LogP contribution is -2.52. The maximum atomic E-state index is 4.50. The van der Waals surface area contributed by atoms with Crippen molar-refractivity contribution < 1.29 is 0 Å². The molecule has 0 spiro atoms. The molecule has 0 unspecified atom stereocenters. The number of aryl methyl sites for hydroxylation is 3. The van der Waals surface area contributed by atoms with Crippen molar-refractivity contribution in [2.24, 2.45) is 4.99 Å². The molecule has 0 aliphatic carbocycles. The minimum absolute atomic E-state index is 0.794. The molecule has 0 radical (unpaired) electrons. The van der Waals surface area contributed by atoms with Gasteiger partial charge in [0.25, 0.3) is 0 Å². The number of hydrogen-bond donors (Lipinski definition) is 1. The van der Waals surface area contributed by atoms with Gasteiger partial charge in [-0.1, -0.05) is 12.1 Å². The minimum Gasteiger partial charge on any atom is -0.368 e. The minimum atomic E-state index is 0.794. The molecular weight excluding hydrogens is 330 g/mol. The van der Waals surface area contributed by atoms with Crippen molar-refractivity contribution in [3.63, 3.8) is 0 Å². The van der Waals surface area contributed by atoms with E-state index in [-0.39, 0.29) is 0 Å². The van der Waals surface area contributed by atoms with Gasteiger partial charge in [-0.15, -0.1) is 11.3 Å². The van der Waals surface area contributed by atoms with E-state index in [1.54, 1.807) is 11.3 Å². The van der Waals surface area contributed by atoms with Crippen LogP contribution in [0.5, 0.6) is 0 Å². The third kappa shape index (κ3) is 4.31. The molecule has 134 valence electrons. The lowest BCUT2D eigenvalue weighted by molar-refractivity contribution is 0.372. The number of benzene rings is 1. The van der Waals surface area contributed by atoms with Crippen molar-refractivity contribution >= 4 is 23.0 Å². The SMILES string of the molecule is CN=C(NCc1sc(C)nc1C)N1CCN(c2cccc(C)c2)CC1. The van der Waals surface area contributed by atoms with E-state index in [1.165, 1.54) is 16.1 Å². The molecular formula is C19H27N5S. The first-order valence-electron chi connectivity index (χ1n) is 8.77. The number of nitrogens with one attached hydrogen (secondary N) is 1. The van der Waals surface area contributed by atoms with Gasteiger partial charge in [-0.05, 0) is 38.5 Å². The summed E-state index contributed by atoms with van der Waals surface area (Å²) in [7, 11) is 1.86. The summed E-state index contributed by atoms with van der Waals surface area (Å²) in [6.45, 7) is 11.1. The number of aliphatic imine (C=N–C) groups is 1. The van der Waals surface area contributed by atoms with Gasteiger partial charge in [0.1, 0.15) is 0 Å². The van der Waals surface area contributed by atoms with Gasteiger partial charge in [-0.3, -0.25) is 4.99 Å². The number of hydrogen-bond acceptors (Lipinski definition) is 4. The molecule has 1 aliphatic heterocycles. The van der Waals surface area contributed by atoms with E-state index in [9.17, 15) is 0 Å². The van der Waals surface area contributed by atoms with E-state index in [2.05, 4.69) is 70.1 Å². The molecule has 2 aromatic rings. The highest BCUT2D eigenvalue weighted by molar-refractivity contribution is 7.11. The van der Waals surface area contributed by atoms with E-state index in [0.29, 0.717) is 0 Å². The van der Waals surface area contributed by atoms with Gasteiger partial charge in [-0.25, -0.2) is 4.98 Å². The molecule has 1 fully saturated rings. The van der Waals surface area contributed by atoms with Crippen molar-refractivity contribution in [2.45, 2.75) is 27.3 Å².